The molecule has 4 heteroatoms. The predicted molar refractivity (Wildman–Crippen MR) is 218 cm³/mol. The zero-order valence-electron chi connectivity index (χ0n) is 28.7. The van der Waals surface area contributed by atoms with Gasteiger partial charge < -0.3 is 13.7 Å². The molecule has 0 bridgehead atoms. The molecule has 0 atom stereocenters. The van der Waals surface area contributed by atoms with E-state index in [4.69, 9.17) is 13.8 Å². The minimum atomic E-state index is 0.604. The van der Waals surface area contributed by atoms with E-state index in [-0.39, 0.29) is 0 Å². The number of fused-ring (bicyclic) bond motifs is 4. The van der Waals surface area contributed by atoms with Gasteiger partial charge in [-0.25, -0.2) is 4.98 Å². The smallest absolute Gasteiger partial charge is 0.227 e. The Labute approximate surface area is 306 Å². The van der Waals surface area contributed by atoms with E-state index >= 15 is 0 Å². The highest BCUT2D eigenvalue weighted by atomic mass is 16.4. The van der Waals surface area contributed by atoms with Crippen molar-refractivity contribution in [3.63, 3.8) is 0 Å². The average molecular weight is 681 g/mol. The molecule has 0 aliphatic rings. The molecule has 2 aromatic heterocycles. The van der Waals surface area contributed by atoms with Crippen LogP contribution in [0.3, 0.4) is 0 Å². The lowest BCUT2D eigenvalue weighted by Crippen LogP contribution is -2.09. The summed E-state index contributed by atoms with van der Waals surface area (Å²) in [5.41, 5.74) is 14.2. The first-order chi connectivity index (χ1) is 26.2. The molecule has 0 N–H and O–H groups in total. The van der Waals surface area contributed by atoms with Crippen molar-refractivity contribution in [3.05, 3.63) is 194 Å². The fourth-order valence-corrected chi connectivity index (χ4v) is 7.28. The van der Waals surface area contributed by atoms with Crippen LogP contribution >= 0.6 is 0 Å². The second-order valence-corrected chi connectivity index (χ2v) is 13.2. The summed E-state index contributed by atoms with van der Waals surface area (Å²) in [5, 5.41) is 2.05. The Kier molecular flexibility index (Phi) is 7.43. The van der Waals surface area contributed by atoms with Crippen molar-refractivity contribution in [2.45, 2.75) is 0 Å². The molecule has 10 aromatic rings. The van der Waals surface area contributed by atoms with Crippen LogP contribution in [0, 0.1) is 0 Å². The van der Waals surface area contributed by atoms with Crippen molar-refractivity contribution in [3.8, 4) is 44.8 Å². The van der Waals surface area contributed by atoms with Crippen LogP contribution < -0.4 is 4.90 Å². The van der Waals surface area contributed by atoms with Crippen molar-refractivity contribution >= 4 is 50.1 Å². The number of para-hydroxylation sites is 2. The van der Waals surface area contributed by atoms with Crippen LogP contribution in [0.5, 0.6) is 0 Å². The van der Waals surface area contributed by atoms with E-state index in [0.29, 0.717) is 5.89 Å². The van der Waals surface area contributed by atoms with Gasteiger partial charge in [-0.2, -0.15) is 0 Å². The Morgan fingerprint density at radius 1 is 0.358 bits per heavy atom. The van der Waals surface area contributed by atoms with Crippen molar-refractivity contribution in [1.82, 2.24) is 4.98 Å². The Morgan fingerprint density at radius 3 is 1.58 bits per heavy atom. The maximum absolute atomic E-state index is 6.57. The third-order valence-corrected chi connectivity index (χ3v) is 9.91. The van der Waals surface area contributed by atoms with E-state index in [1.54, 1.807) is 0 Å². The normalized spacial score (nSPS) is 11.4. The summed E-state index contributed by atoms with van der Waals surface area (Å²) < 4.78 is 12.8. The SMILES string of the molecule is c1ccc(-c2cccc(-c3ccc(N(c4ccccc4)c4ccc(-c5cccc6c5oc5cc7nc(-c8ccccc8)oc7cc56)cc4)cc3)c2)cc1. The number of hydrogen-bond donors (Lipinski definition) is 0. The molecule has 0 amide bonds. The highest BCUT2D eigenvalue weighted by Crippen LogP contribution is 2.41. The van der Waals surface area contributed by atoms with Gasteiger partial charge in [0.15, 0.2) is 5.58 Å². The molecule has 250 valence electrons. The number of anilines is 3. The topological polar surface area (TPSA) is 42.4 Å². The molecule has 0 saturated heterocycles. The molecular formula is C49H32N2O2. The summed E-state index contributed by atoms with van der Waals surface area (Å²) in [4.78, 5) is 7.06. The van der Waals surface area contributed by atoms with Gasteiger partial charge in [-0.3, -0.25) is 0 Å². The standard InChI is InChI=1S/C49H32N2O2/c1-4-12-33(13-5-1)37-16-10-17-38(30-37)34-22-26-40(27-23-34)51(39-18-8-3-9-19-39)41-28-24-35(25-29-41)42-20-11-21-43-44-31-47-45(32-46(44)52-48(42)43)50-49(53-47)36-14-6-2-7-15-36/h1-32H. The van der Waals surface area contributed by atoms with Gasteiger partial charge in [0.1, 0.15) is 16.7 Å². The van der Waals surface area contributed by atoms with Crippen LogP contribution in [0.15, 0.2) is 203 Å². The lowest BCUT2D eigenvalue weighted by molar-refractivity contribution is 0.620. The minimum Gasteiger partial charge on any atom is -0.455 e. The van der Waals surface area contributed by atoms with Crippen molar-refractivity contribution < 1.29 is 8.83 Å². The molecule has 0 unspecified atom stereocenters. The summed E-state index contributed by atoms with van der Waals surface area (Å²) in [5.74, 6) is 0.604. The van der Waals surface area contributed by atoms with Crippen molar-refractivity contribution in [1.29, 1.82) is 0 Å². The van der Waals surface area contributed by atoms with E-state index in [1.165, 1.54) is 22.3 Å². The van der Waals surface area contributed by atoms with Gasteiger partial charge in [0.25, 0.3) is 0 Å². The maximum Gasteiger partial charge on any atom is 0.227 e. The summed E-state index contributed by atoms with van der Waals surface area (Å²) in [6.07, 6.45) is 0. The first-order valence-corrected chi connectivity index (χ1v) is 17.8. The fraction of sp³-hybridized carbons (Fsp3) is 0. The first-order valence-electron chi connectivity index (χ1n) is 17.8. The number of benzene rings is 8. The predicted octanol–water partition coefficient (Wildman–Crippen LogP) is 13.9. The van der Waals surface area contributed by atoms with Crippen molar-refractivity contribution in [2.24, 2.45) is 0 Å². The van der Waals surface area contributed by atoms with Gasteiger partial charge in [-0.15, -0.1) is 0 Å². The molecule has 0 aliphatic carbocycles. The molecule has 0 aliphatic heterocycles. The number of oxazole rings is 1. The van der Waals surface area contributed by atoms with Gasteiger partial charge in [-0.1, -0.05) is 127 Å². The minimum absolute atomic E-state index is 0.604. The zero-order chi connectivity index (χ0) is 35.1. The van der Waals surface area contributed by atoms with Crippen LogP contribution in [-0.2, 0) is 0 Å². The van der Waals surface area contributed by atoms with Crippen LogP contribution in [-0.4, -0.2) is 4.98 Å². The van der Waals surface area contributed by atoms with Crippen LogP contribution in [0.1, 0.15) is 0 Å². The van der Waals surface area contributed by atoms with E-state index in [9.17, 15) is 0 Å². The molecule has 0 spiro atoms. The van der Waals surface area contributed by atoms with Gasteiger partial charge in [0, 0.05) is 45.0 Å². The highest BCUT2D eigenvalue weighted by molar-refractivity contribution is 6.12. The monoisotopic (exact) mass is 680 g/mol. The van der Waals surface area contributed by atoms with Gasteiger partial charge in [-0.05, 0) is 88.5 Å². The number of furan rings is 1. The third-order valence-electron chi connectivity index (χ3n) is 9.91. The highest BCUT2D eigenvalue weighted by Gasteiger charge is 2.18. The molecule has 2 heterocycles. The maximum atomic E-state index is 6.57. The average Bonchev–Trinajstić information content (AvgIpc) is 3.82. The van der Waals surface area contributed by atoms with Gasteiger partial charge >= 0.3 is 0 Å². The van der Waals surface area contributed by atoms with E-state index < -0.39 is 0 Å². The second-order valence-electron chi connectivity index (χ2n) is 13.2. The summed E-state index contributed by atoms with van der Waals surface area (Å²) in [6, 6.07) is 67.6. The first kappa shape index (κ1) is 30.6. The number of aromatic nitrogens is 1. The molecule has 4 nitrogen and oxygen atoms in total. The molecule has 0 fully saturated rings. The molecular weight excluding hydrogens is 649 g/mol. The second kappa shape index (κ2) is 12.9. The summed E-state index contributed by atoms with van der Waals surface area (Å²) in [6.45, 7) is 0. The molecule has 10 rings (SSSR count). The molecule has 0 radical (unpaired) electrons. The molecule has 0 saturated carbocycles. The molecule has 8 aromatic carbocycles. The van der Waals surface area contributed by atoms with Crippen LogP contribution in [0.2, 0.25) is 0 Å². The summed E-state index contributed by atoms with van der Waals surface area (Å²) in [7, 11) is 0. The van der Waals surface area contributed by atoms with Crippen LogP contribution in [0.4, 0.5) is 17.1 Å². The number of nitrogens with zero attached hydrogens (tertiary/aromatic N) is 2. The lowest BCUT2D eigenvalue weighted by Gasteiger charge is -2.26. The lowest BCUT2D eigenvalue weighted by atomic mass is 9.99. The number of hydrogen-bond acceptors (Lipinski definition) is 4. The van der Waals surface area contributed by atoms with E-state index in [2.05, 4.69) is 157 Å². The quantitative estimate of drug-likeness (QED) is 0.168. The van der Waals surface area contributed by atoms with Gasteiger partial charge in [0.2, 0.25) is 5.89 Å². The number of rotatable bonds is 7. The van der Waals surface area contributed by atoms with E-state index in [1.807, 2.05) is 42.5 Å². The Morgan fingerprint density at radius 2 is 0.906 bits per heavy atom. The Bertz CT molecular complexity index is 2860. The van der Waals surface area contributed by atoms with Gasteiger partial charge in [0.05, 0.1) is 0 Å². The summed E-state index contributed by atoms with van der Waals surface area (Å²) >= 11 is 0. The fourth-order valence-electron chi connectivity index (χ4n) is 7.28. The third kappa shape index (κ3) is 5.63. The zero-order valence-corrected chi connectivity index (χ0v) is 28.7. The van der Waals surface area contributed by atoms with E-state index in [0.717, 1.165) is 66.8 Å². The largest absolute Gasteiger partial charge is 0.455 e. The Balaban J connectivity index is 0.986. The van der Waals surface area contributed by atoms with Crippen LogP contribution in [0.25, 0.3) is 77.9 Å². The molecule has 53 heavy (non-hydrogen) atoms. The van der Waals surface area contributed by atoms with Crippen molar-refractivity contribution in [2.75, 3.05) is 4.90 Å². The Hall–Kier alpha value is -7.17.